The van der Waals surface area contributed by atoms with E-state index in [1.165, 1.54) is 0 Å². The Labute approximate surface area is 109 Å². The molecule has 4 nitrogen and oxygen atoms in total. The molecule has 0 aliphatic carbocycles. The number of rotatable bonds is 8. The van der Waals surface area contributed by atoms with Crippen LogP contribution in [0.15, 0.2) is 18.2 Å². The number of ether oxygens (including phenoxy) is 1. The van der Waals surface area contributed by atoms with Crippen molar-refractivity contribution in [1.82, 2.24) is 5.32 Å². The third kappa shape index (κ3) is 6.00. The molecule has 1 aromatic carbocycles. The normalized spacial score (nSPS) is 12.4. The molecule has 0 heterocycles. The van der Waals surface area contributed by atoms with Crippen LogP contribution >= 0.6 is 0 Å². The van der Waals surface area contributed by atoms with Crippen molar-refractivity contribution < 1.29 is 14.9 Å². The molecule has 0 amide bonds. The first-order chi connectivity index (χ1) is 8.61. The van der Waals surface area contributed by atoms with E-state index in [1.54, 1.807) is 0 Å². The predicted octanol–water partition coefficient (Wildman–Crippen LogP) is 1.02. The van der Waals surface area contributed by atoms with Crippen LogP contribution < -0.4 is 10.1 Å². The molecule has 1 unspecified atom stereocenters. The molecule has 0 saturated heterocycles. The van der Waals surface area contributed by atoms with Crippen molar-refractivity contribution in [1.29, 1.82) is 0 Å². The zero-order valence-electron chi connectivity index (χ0n) is 11.1. The predicted molar refractivity (Wildman–Crippen MR) is 72.0 cm³/mol. The van der Waals surface area contributed by atoms with Crippen molar-refractivity contribution in [2.24, 2.45) is 0 Å². The highest BCUT2D eigenvalue weighted by atomic mass is 16.5. The fourth-order valence-electron chi connectivity index (χ4n) is 1.74. The Hall–Kier alpha value is -1.10. The maximum absolute atomic E-state index is 9.70. The van der Waals surface area contributed by atoms with Crippen molar-refractivity contribution in [3.63, 3.8) is 0 Å². The minimum absolute atomic E-state index is 0.169. The zero-order chi connectivity index (χ0) is 13.4. The van der Waals surface area contributed by atoms with Crippen LogP contribution in [0.1, 0.15) is 17.5 Å². The Balaban J connectivity index is 2.26. The van der Waals surface area contributed by atoms with Gasteiger partial charge in [0, 0.05) is 13.2 Å². The van der Waals surface area contributed by atoms with Crippen molar-refractivity contribution in [3.8, 4) is 5.75 Å². The molecule has 102 valence electrons. The summed E-state index contributed by atoms with van der Waals surface area (Å²) >= 11 is 0. The van der Waals surface area contributed by atoms with Crippen LogP contribution in [0.25, 0.3) is 0 Å². The van der Waals surface area contributed by atoms with E-state index in [2.05, 4.69) is 11.4 Å². The molecule has 0 fully saturated rings. The lowest BCUT2D eigenvalue weighted by molar-refractivity contribution is 0.106. The first-order valence-electron chi connectivity index (χ1n) is 6.32. The summed E-state index contributed by atoms with van der Waals surface area (Å²) in [6.45, 7) is 5.67. The van der Waals surface area contributed by atoms with Crippen LogP contribution in [-0.2, 0) is 0 Å². The van der Waals surface area contributed by atoms with Crippen molar-refractivity contribution in [2.45, 2.75) is 26.4 Å². The van der Waals surface area contributed by atoms with Gasteiger partial charge in [0.25, 0.3) is 0 Å². The number of hydrogen-bond acceptors (Lipinski definition) is 4. The third-order valence-electron chi connectivity index (χ3n) is 2.53. The molecule has 0 aromatic heterocycles. The summed E-state index contributed by atoms with van der Waals surface area (Å²) in [6, 6.07) is 6.00. The summed E-state index contributed by atoms with van der Waals surface area (Å²) in [5.41, 5.74) is 2.31. The maximum atomic E-state index is 9.70. The second-order valence-corrected chi connectivity index (χ2v) is 4.57. The number of aryl methyl sites for hydroxylation is 2. The SMILES string of the molecule is Cc1cc(C)cc(OCC(O)CNCCCO)c1. The van der Waals surface area contributed by atoms with Gasteiger partial charge >= 0.3 is 0 Å². The van der Waals surface area contributed by atoms with E-state index in [0.717, 1.165) is 16.9 Å². The summed E-state index contributed by atoms with van der Waals surface area (Å²) in [7, 11) is 0. The van der Waals surface area contributed by atoms with E-state index in [4.69, 9.17) is 9.84 Å². The fraction of sp³-hybridized carbons (Fsp3) is 0.571. The molecule has 0 saturated carbocycles. The van der Waals surface area contributed by atoms with Crippen LogP contribution in [0.5, 0.6) is 5.75 Å². The van der Waals surface area contributed by atoms with Gasteiger partial charge in [-0.05, 0) is 50.1 Å². The Morgan fingerprint density at radius 3 is 2.50 bits per heavy atom. The third-order valence-corrected chi connectivity index (χ3v) is 2.53. The van der Waals surface area contributed by atoms with Crippen LogP contribution in [0.3, 0.4) is 0 Å². The Morgan fingerprint density at radius 1 is 1.22 bits per heavy atom. The van der Waals surface area contributed by atoms with Crippen molar-refractivity contribution >= 4 is 0 Å². The second-order valence-electron chi connectivity index (χ2n) is 4.57. The molecule has 1 atom stereocenters. The van der Waals surface area contributed by atoms with E-state index >= 15 is 0 Å². The van der Waals surface area contributed by atoms with Gasteiger partial charge in [-0.15, -0.1) is 0 Å². The summed E-state index contributed by atoms with van der Waals surface area (Å²) in [5.74, 6) is 0.793. The van der Waals surface area contributed by atoms with Gasteiger partial charge in [0.05, 0.1) is 0 Å². The summed E-state index contributed by atoms with van der Waals surface area (Å²) in [6.07, 6.45) is 0.162. The average Bonchev–Trinajstić information content (AvgIpc) is 2.31. The van der Waals surface area contributed by atoms with E-state index in [9.17, 15) is 5.11 Å². The Morgan fingerprint density at radius 2 is 1.89 bits per heavy atom. The molecule has 0 aliphatic heterocycles. The van der Waals surface area contributed by atoms with Gasteiger partial charge in [-0.2, -0.15) is 0 Å². The van der Waals surface area contributed by atoms with Crippen molar-refractivity contribution in [2.75, 3.05) is 26.3 Å². The number of hydrogen-bond donors (Lipinski definition) is 3. The summed E-state index contributed by atoms with van der Waals surface area (Å²) in [5, 5.41) is 21.4. The lowest BCUT2D eigenvalue weighted by Gasteiger charge is -2.14. The smallest absolute Gasteiger partial charge is 0.119 e. The van der Waals surface area contributed by atoms with E-state index in [-0.39, 0.29) is 13.2 Å². The Bertz CT molecular complexity index is 335. The monoisotopic (exact) mass is 253 g/mol. The van der Waals surface area contributed by atoms with Gasteiger partial charge in [-0.1, -0.05) is 6.07 Å². The molecule has 0 radical (unpaired) electrons. The number of aliphatic hydroxyl groups is 2. The molecule has 4 heteroatoms. The van der Waals surface area contributed by atoms with Gasteiger partial charge < -0.3 is 20.3 Å². The highest BCUT2D eigenvalue weighted by molar-refractivity contribution is 5.32. The fourth-order valence-corrected chi connectivity index (χ4v) is 1.74. The van der Waals surface area contributed by atoms with E-state index < -0.39 is 6.10 Å². The molecule has 0 bridgehead atoms. The largest absolute Gasteiger partial charge is 0.491 e. The molecule has 3 N–H and O–H groups in total. The van der Waals surface area contributed by atoms with Gasteiger partial charge in [-0.25, -0.2) is 0 Å². The lowest BCUT2D eigenvalue weighted by Crippen LogP contribution is -2.32. The molecule has 1 rings (SSSR count). The van der Waals surface area contributed by atoms with Gasteiger partial charge in [0.1, 0.15) is 18.5 Å². The number of benzene rings is 1. The van der Waals surface area contributed by atoms with Crippen LogP contribution in [0.2, 0.25) is 0 Å². The molecule has 1 aromatic rings. The lowest BCUT2D eigenvalue weighted by atomic mass is 10.1. The van der Waals surface area contributed by atoms with Crippen LogP contribution in [0, 0.1) is 13.8 Å². The minimum Gasteiger partial charge on any atom is -0.491 e. The molecule has 18 heavy (non-hydrogen) atoms. The molecular weight excluding hydrogens is 230 g/mol. The quantitative estimate of drug-likeness (QED) is 0.605. The number of aliphatic hydroxyl groups excluding tert-OH is 2. The zero-order valence-corrected chi connectivity index (χ0v) is 11.1. The topological polar surface area (TPSA) is 61.7 Å². The summed E-state index contributed by atoms with van der Waals surface area (Å²) in [4.78, 5) is 0. The van der Waals surface area contributed by atoms with Gasteiger partial charge in [-0.3, -0.25) is 0 Å². The molecule has 0 spiro atoms. The summed E-state index contributed by atoms with van der Waals surface area (Å²) < 4.78 is 5.55. The second kappa shape index (κ2) is 8.08. The highest BCUT2D eigenvalue weighted by Crippen LogP contribution is 2.16. The molecule has 0 aliphatic rings. The standard InChI is InChI=1S/C14H23NO3/c1-11-6-12(2)8-14(7-11)18-10-13(17)9-15-4-3-5-16/h6-8,13,15-17H,3-5,9-10H2,1-2H3. The first-order valence-corrected chi connectivity index (χ1v) is 6.32. The highest BCUT2D eigenvalue weighted by Gasteiger charge is 2.05. The average molecular weight is 253 g/mol. The van der Waals surface area contributed by atoms with E-state index in [1.807, 2.05) is 26.0 Å². The Kier molecular flexibility index (Phi) is 6.72. The first kappa shape index (κ1) is 15.0. The van der Waals surface area contributed by atoms with Crippen molar-refractivity contribution in [3.05, 3.63) is 29.3 Å². The molecular formula is C14H23NO3. The number of nitrogens with one attached hydrogen (secondary N) is 1. The van der Waals surface area contributed by atoms with Gasteiger partial charge in [0.2, 0.25) is 0 Å². The van der Waals surface area contributed by atoms with Crippen LogP contribution in [-0.4, -0.2) is 42.6 Å². The van der Waals surface area contributed by atoms with E-state index in [0.29, 0.717) is 19.5 Å². The minimum atomic E-state index is -0.537. The van der Waals surface area contributed by atoms with Crippen LogP contribution in [0.4, 0.5) is 0 Å². The van der Waals surface area contributed by atoms with Gasteiger partial charge in [0.15, 0.2) is 0 Å². The maximum Gasteiger partial charge on any atom is 0.119 e.